The molecule has 25 heavy (non-hydrogen) atoms. The molecule has 4 heteroatoms. The lowest BCUT2D eigenvalue weighted by Crippen LogP contribution is -2.53. The van der Waals surface area contributed by atoms with Crippen LogP contribution in [0.5, 0.6) is 0 Å². The van der Waals surface area contributed by atoms with Gasteiger partial charge in [0, 0.05) is 22.3 Å². The van der Waals surface area contributed by atoms with Gasteiger partial charge in [0.2, 0.25) is 0 Å². The lowest BCUT2D eigenvalue weighted by molar-refractivity contribution is 0.163. The molecule has 2 heterocycles. The molecule has 0 bridgehead atoms. The number of aliphatic imine (C=N–C) groups is 1. The minimum absolute atomic E-state index is 0.151. The predicted octanol–water partition coefficient (Wildman–Crippen LogP) is 5.95. The molecule has 1 spiro atoms. The number of hydrogen-bond acceptors (Lipinski definition) is 2. The highest BCUT2D eigenvalue weighted by Crippen LogP contribution is 2.54. The number of benzene rings is 2. The Kier molecular flexibility index (Phi) is 4.39. The summed E-state index contributed by atoms with van der Waals surface area (Å²) >= 11 is 12.5. The number of hydrogen-bond donors (Lipinski definition) is 1. The zero-order chi connectivity index (χ0) is 17.6. The normalized spacial score (nSPS) is 27.9. The maximum Gasteiger partial charge on any atom is 0.0683 e. The molecule has 0 saturated carbocycles. The van der Waals surface area contributed by atoms with Crippen molar-refractivity contribution in [3.8, 4) is 0 Å². The first kappa shape index (κ1) is 17.1. The van der Waals surface area contributed by atoms with Gasteiger partial charge in [-0.2, -0.15) is 0 Å². The monoisotopic (exact) mass is 372 g/mol. The van der Waals surface area contributed by atoms with Gasteiger partial charge in [-0.25, -0.2) is 0 Å². The van der Waals surface area contributed by atoms with Gasteiger partial charge in [0.1, 0.15) is 0 Å². The van der Waals surface area contributed by atoms with Crippen molar-refractivity contribution in [2.45, 2.75) is 31.7 Å². The summed E-state index contributed by atoms with van der Waals surface area (Å²) < 4.78 is 0. The second kappa shape index (κ2) is 6.42. The third-order valence-electron chi connectivity index (χ3n) is 5.73. The van der Waals surface area contributed by atoms with Gasteiger partial charge in [-0.05, 0) is 60.2 Å². The van der Waals surface area contributed by atoms with Gasteiger partial charge in [0.15, 0.2) is 0 Å². The zero-order valence-corrected chi connectivity index (χ0v) is 16.0. The number of rotatable bonds is 2. The lowest BCUT2D eigenvalue weighted by atomic mass is 9.59. The maximum absolute atomic E-state index is 6.30. The average molecular weight is 373 g/mol. The number of fused-ring (bicyclic) bond motifs is 2. The van der Waals surface area contributed by atoms with E-state index in [0.717, 1.165) is 28.7 Å². The van der Waals surface area contributed by atoms with Crippen LogP contribution in [0.15, 0.2) is 47.5 Å². The molecular weight excluding hydrogens is 351 g/mol. The first-order valence-corrected chi connectivity index (χ1v) is 9.62. The van der Waals surface area contributed by atoms with Gasteiger partial charge in [-0.3, -0.25) is 4.99 Å². The summed E-state index contributed by atoms with van der Waals surface area (Å²) in [5, 5.41) is 5.26. The molecule has 0 amide bonds. The molecular formula is C21H22Cl2N2. The minimum atomic E-state index is -0.170. The van der Waals surface area contributed by atoms with Gasteiger partial charge in [-0.1, -0.05) is 55.2 Å². The van der Waals surface area contributed by atoms with E-state index >= 15 is 0 Å². The summed E-state index contributed by atoms with van der Waals surface area (Å²) in [5.74, 6) is 1.06. The molecule has 130 valence electrons. The van der Waals surface area contributed by atoms with Crippen molar-refractivity contribution < 1.29 is 0 Å². The van der Waals surface area contributed by atoms with E-state index in [4.69, 9.17) is 28.2 Å². The number of piperidine rings is 1. The van der Waals surface area contributed by atoms with E-state index in [1.165, 1.54) is 11.1 Å². The maximum atomic E-state index is 6.30. The molecule has 1 fully saturated rings. The Labute approximate surface area is 159 Å². The van der Waals surface area contributed by atoms with E-state index in [2.05, 4.69) is 43.6 Å². The van der Waals surface area contributed by atoms with E-state index in [1.807, 2.05) is 24.3 Å². The molecule has 0 aromatic heterocycles. The molecule has 2 aliphatic heterocycles. The quantitative estimate of drug-likeness (QED) is 0.691. The van der Waals surface area contributed by atoms with Gasteiger partial charge in [0.05, 0.1) is 11.1 Å². The lowest BCUT2D eigenvalue weighted by Gasteiger charge is -2.49. The Bertz CT molecular complexity index is 830. The molecule has 2 nitrogen and oxygen atoms in total. The predicted molar refractivity (Wildman–Crippen MR) is 106 cm³/mol. The molecule has 1 saturated heterocycles. The van der Waals surface area contributed by atoms with Crippen molar-refractivity contribution in [3.63, 3.8) is 0 Å². The van der Waals surface area contributed by atoms with E-state index in [1.54, 1.807) is 0 Å². The molecule has 0 unspecified atom stereocenters. The SMILES string of the molecule is CC(C)[C@H]1CCN[C@@H](c2cccc(Cl)c2)[C@]12C=Nc1cc(Cl)ccc12. The topological polar surface area (TPSA) is 24.4 Å². The fourth-order valence-corrected chi connectivity index (χ4v) is 5.08. The number of nitrogens with one attached hydrogen (secondary N) is 1. The van der Waals surface area contributed by atoms with Crippen LogP contribution in [0.2, 0.25) is 10.0 Å². The van der Waals surface area contributed by atoms with Crippen molar-refractivity contribution in [2.24, 2.45) is 16.8 Å². The molecule has 0 aliphatic carbocycles. The van der Waals surface area contributed by atoms with Crippen molar-refractivity contribution in [1.29, 1.82) is 0 Å². The molecule has 3 atom stereocenters. The highest BCUT2D eigenvalue weighted by atomic mass is 35.5. The standard InChI is InChI=1S/C21H22Cl2N2/c1-13(2)17-8-9-24-20(14-4-3-5-15(22)10-14)21(17)12-25-19-11-16(23)6-7-18(19)21/h3-7,10-13,17,20,24H,8-9H2,1-2H3/t17-,20+,21-/m1/s1. The first-order valence-electron chi connectivity index (χ1n) is 8.86. The largest absolute Gasteiger partial charge is 0.309 e. The number of nitrogens with zero attached hydrogens (tertiary/aromatic N) is 1. The first-order chi connectivity index (χ1) is 12.0. The van der Waals surface area contributed by atoms with Crippen LogP contribution >= 0.6 is 23.2 Å². The van der Waals surface area contributed by atoms with Crippen LogP contribution in [0.25, 0.3) is 0 Å². The second-order valence-corrected chi connectivity index (χ2v) is 8.31. The summed E-state index contributed by atoms with van der Waals surface area (Å²) in [6, 6.07) is 14.5. The van der Waals surface area contributed by atoms with Crippen LogP contribution in [0.3, 0.4) is 0 Å². The van der Waals surface area contributed by atoms with E-state index in [9.17, 15) is 0 Å². The van der Waals surface area contributed by atoms with Gasteiger partial charge in [-0.15, -0.1) is 0 Å². The van der Waals surface area contributed by atoms with E-state index in [0.29, 0.717) is 11.8 Å². The van der Waals surface area contributed by atoms with Crippen LogP contribution in [-0.4, -0.2) is 12.8 Å². The Morgan fingerprint density at radius 3 is 2.68 bits per heavy atom. The van der Waals surface area contributed by atoms with Crippen LogP contribution in [0, 0.1) is 11.8 Å². The third kappa shape index (κ3) is 2.71. The number of halogens is 2. The molecule has 2 aromatic rings. The zero-order valence-electron chi connectivity index (χ0n) is 14.5. The van der Waals surface area contributed by atoms with Crippen molar-refractivity contribution in [1.82, 2.24) is 5.32 Å². The van der Waals surface area contributed by atoms with Gasteiger partial charge >= 0.3 is 0 Å². The molecule has 1 N–H and O–H groups in total. The van der Waals surface area contributed by atoms with Crippen molar-refractivity contribution in [3.05, 3.63) is 63.6 Å². The van der Waals surface area contributed by atoms with E-state index < -0.39 is 0 Å². The van der Waals surface area contributed by atoms with Gasteiger partial charge < -0.3 is 5.32 Å². The van der Waals surface area contributed by atoms with Crippen molar-refractivity contribution in [2.75, 3.05) is 6.54 Å². The summed E-state index contributed by atoms with van der Waals surface area (Å²) in [6.45, 7) is 5.63. The Hall–Kier alpha value is -1.35. The van der Waals surface area contributed by atoms with Crippen LogP contribution in [-0.2, 0) is 5.41 Å². The summed E-state index contributed by atoms with van der Waals surface area (Å²) in [4.78, 5) is 4.79. The van der Waals surface area contributed by atoms with Crippen LogP contribution < -0.4 is 5.32 Å². The summed E-state index contributed by atoms with van der Waals surface area (Å²) in [6.07, 6.45) is 3.29. The Balaban J connectivity index is 1.92. The van der Waals surface area contributed by atoms with Crippen LogP contribution in [0.4, 0.5) is 5.69 Å². The third-order valence-corrected chi connectivity index (χ3v) is 6.20. The fraction of sp³-hybridized carbons (Fsp3) is 0.381. The molecule has 2 aromatic carbocycles. The highest BCUT2D eigenvalue weighted by Gasteiger charge is 2.52. The Morgan fingerprint density at radius 2 is 1.92 bits per heavy atom. The van der Waals surface area contributed by atoms with E-state index in [-0.39, 0.29) is 11.5 Å². The smallest absolute Gasteiger partial charge is 0.0683 e. The second-order valence-electron chi connectivity index (χ2n) is 7.43. The summed E-state index contributed by atoms with van der Waals surface area (Å²) in [5.41, 5.74) is 3.31. The van der Waals surface area contributed by atoms with Crippen LogP contribution in [0.1, 0.15) is 37.4 Å². The molecule has 2 aliphatic rings. The van der Waals surface area contributed by atoms with Crippen molar-refractivity contribution >= 4 is 35.1 Å². The minimum Gasteiger partial charge on any atom is -0.309 e. The summed E-state index contributed by atoms with van der Waals surface area (Å²) in [7, 11) is 0. The fourth-order valence-electron chi connectivity index (χ4n) is 4.72. The van der Waals surface area contributed by atoms with Gasteiger partial charge in [0.25, 0.3) is 0 Å². The molecule has 4 rings (SSSR count). The Morgan fingerprint density at radius 1 is 1.12 bits per heavy atom. The molecule has 0 radical (unpaired) electrons. The average Bonchev–Trinajstić information content (AvgIpc) is 2.93. The highest BCUT2D eigenvalue weighted by molar-refractivity contribution is 6.31.